The highest BCUT2D eigenvalue weighted by atomic mass is 16.5. The van der Waals surface area contributed by atoms with Crippen molar-refractivity contribution in [2.45, 2.75) is 45.2 Å². The van der Waals surface area contributed by atoms with Crippen LogP contribution < -0.4 is 10.6 Å². The molecule has 4 nitrogen and oxygen atoms in total. The Balaban J connectivity index is 2.19. The molecule has 1 amide bonds. The topological polar surface area (TPSA) is 50.4 Å². The van der Waals surface area contributed by atoms with Gasteiger partial charge in [-0.1, -0.05) is 0 Å². The average Bonchev–Trinajstić information content (AvgIpc) is 2.98. The van der Waals surface area contributed by atoms with Gasteiger partial charge in [-0.2, -0.15) is 0 Å². The predicted octanol–water partition coefficient (Wildman–Crippen LogP) is 0.916. The van der Waals surface area contributed by atoms with Gasteiger partial charge in [-0.3, -0.25) is 4.79 Å². The molecule has 0 aromatic heterocycles. The first-order valence-electron chi connectivity index (χ1n) is 5.99. The second-order valence-electron chi connectivity index (χ2n) is 5.27. The second-order valence-corrected chi connectivity index (χ2v) is 5.27. The van der Waals surface area contributed by atoms with Crippen LogP contribution in [0.3, 0.4) is 0 Å². The molecule has 0 spiro atoms. The van der Waals surface area contributed by atoms with Crippen LogP contribution >= 0.6 is 0 Å². The van der Waals surface area contributed by atoms with Gasteiger partial charge in [0.05, 0.1) is 13.2 Å². The molecule has 1 rings (SSSR count). The maximum absolute atomic E-state index is 11.6. The van der Waals surface area contributed by atoms with Crippen LogP contribution in [0.1, 0.15) is 33.6 Å². The summed E-state index contributed by atoms with van der Waals surface area (Å²) in [7, 11) is 1.64. The number of ether oxygens (including phenoxy) is 1. The van der Waals surface area contributed by atoms with E-state index < -0.39 is 0 Å². The maximum Gasteiger partial charge on any atom is 0.234 e. The Morgan fingerprint density at radius 2 is 2.12 bits per heavy atom. The van der Waals surface area contributed by atoms with Crippen molar-refractivity contribution in [2.24, 2.45) is 5.92 Å². The Labute approximate surface area is 98.1 Å². The Morgan fingerprint density at radius 1 is 1.50 bits per heavy atom. The van der Waals surface area contributed by atoms with E-state index in [1.807, 2.05) is 6.92 Å². The summed E-state index contributed by atoms with van der Waals surface area (Å²) in [5.74, 6) is 0.773. The van der Waals surface area contributed by atoms with Crippen LogP contribution in [0.25, 0.3) is 0 Å². The number of carbonyl (C=O) groups excluding carboxylic acids is 1. The van der Waals surface area contributed by atoms with Crippen LogP contribution in [-0.4, -0.2) is 37.7 Å². The number of methoxy groups -OCH3 is 1. The van der Waals surface area contributed by atoms with Crippen molar-refractivity contribution < 1.29 is 9.53 Å². The molecule has 2 N–H and O–H groups in total. The molecule has 0 aromatic rings. The van der Waals surface area contributed by atoms with Gasteiger partial charge in [0.2, 0.25) is 5.91 Å². The van der Waals surface area contributed by atoms with Crippen molar-refractivity contribution in [1.82, 2.24) is 10.6 Å². The number of carbonyl (C=O) groups is 1. The predicted molar refractivity (Wildman–Crippen MR) is 64.3 cm³/mol. The second kappa shape index (κ2) is 5.64. The van der Waals surface area contributed by atoms with Gasteiger partial charge in [0.1, 0.15) is 0 Å². The van der Waals surface area contributed by atoms with Gasteiger partial charge in [0.15, 0.2) is 0 Å². The molecule has 0 aliphatic heterocycles. The third kappa shape index (κ3) is 4.49. The van der Waals surface area contributed by atoms with Crippen molar-refractivity contribution in [3.63, 3.8) is 0 Å². The quantitative estimate of drug-likeness (QED) is 0.681. The van der Waals surface area contributed by atoms with Crippen molar-refractivity contribution in [2.75, 3.05) is 20.3 Å². The van der Waals surface area contributed by atoms with Crippen LogP contribution in [-0.2, 0) is 9.53 Å². The third-order valence-electron chi connectivity index (χ3n) is 3.13. The number of hydrogen-bond donors (Lipinski definition) is 2. The highest BCUT2D eigenvalue weighted by Crippen LogP contribution is 2.38. The highest BCUT2D eigenvalue weighted by molar-refractivity contribution is 5.78. The van der Waals surface area contributed by atoms with Gasteiger partial charge in [0, 0.05) is 18.7 Å². The Morgan fingerprint density at radius 3 is 2.62 bits per heavy atom. The first-order chi connectivity index (χ1) is 7.45. The molecule has 1 unspecified atom stereocenters. The summed E-state index contributed by atoms with van der Waals surface area (Å²) in [5, 5.41) is 6.20. The fraction of sp³-hybridized carbons (Fsp3) is 0.917. The van der Waals surface area contributed by atoms with Gasteiger partial charge in [-0.25, -0.2) is 0 Å². The Bertz CT molecular complexity index is 237. The summed E-state index contributed by atoms with van der Waals surface area (Å²) < 4.78 is 4.96. The molecule has 1 saturated carbocycles. The largest absolute Gasteiger partial charge is 0.383 e. The minimum absolute atomic E-state index is 0.0401. The van der Waals surface area contributed by atoms with E-state index >= 15 is 0 Å². The summed E-state index contributed by atoms with van der Waals surface area (Å²) in [4.78, 5) is 11.6. The molecule has 94 valence electrons. The van der Waals surface area contributed by atoms with Crippen molar-refractivity contribution in [3.05, 3.63) is 0 Å². The number of hydrogen-bond acceptors (Lipinski definition) is 3. The van der Waals surface area contributed by atoms with Crippen LogP contribution in [0.5, 0.6) is 0 Å². The third-order valence-corrected chi connectivity index (χ3v) is 3.13. The SMILES string of the molecule is COCC(C)NC(=O)CNC(C)(C)C1CC1. The molecule has 1 aliphatic rings. The summed E-state index contributed by atoms with van der Waals surface area (Å²) in [6, 6.07) is 0.0725. The van der Waals surface area contributed by atoms with Gasteiger partial charge < -0.3 is 15.4 Å². The van der Waals surface area contributed by atoms with Gasteiger partial charge in [0.25, 0.3) is 0 Å². The first-order valence-corrected chi connectivity index (χ1v) is 5.99. The lowest BCUT2D eigenvalue weighted by Gasteiger charge is -2.26. The number of rotatable bonds is 7. The van der Waals surface area contributed by atoms with E-state index in [1.165, 1.54) is 12.8 Å². The zero-order valence-electron chi connectivity index (χ0n) is 10.8. The van der Waals surface area contributed by atoms with E-state index in [-0.39, 0.29) is 17.5 Å². The van der Waals surface area contributed by atoms with Crippen LogP contribution in [0.2, 0.25) is 0 Å². The van der Waals surface area contributed by atoms with Gasteiger partial charge in [-0.05, 0) is 39.5 Å². The zero-order valence-corrected chi connectivity index (χ0v) is 10.8. The highest BCUT2D eigenvalue weighted by Gasteiger charge is 2.37. The molecule has 4 heteroatoms. The molecule has 1 fully saturated rings. The van der Waals surface area contributed by atoms with E-state index in [0.29, 0.717) is 13.2 Å². The molecule has 1 aliphatic carbocycles. The Kier molecular flexibility index (Phi) is 4.74. The monoisotopic (exact) mass is 228 g/mol. The van der Waals surface area contributed by atoms with Crippen LogP contribution in [0, 0.1) is 5.92 Å². The molecule has 16 heavy (non-hydrogen) atoms. The molecule has 0 aromatic carbocycles. The fourth-order valence-electron chi connectivity index (χ4n) is 1.87. The molecule has 0 saturated heterocycles. The van der Waals surface area contributed by atoms with Crippen LogP contribution in [0.15, 0.2) is 0 Å². The summed E-state index contributed by atoms with van der Waals surface area (Å²) >= 11 is 0. The molecule has 0 bridgehead atoms. The average molecular weight is 228 g/mol. The lowest BCUT2D eigenvalue weighted by atomic mass is 9.99. The van der Waals surface area contributed by atoms with Gasteiger partial charge in [-0.15, -0.1) is 0 Å². The molecule has 0 radical (unpaired) electrons. The van der Waals surface area contributed by atoms with E-state index in [2.05, 4.69) is 24.5 Å². The van der Waals surface area contributed by atoms with E-state index in [9.17, 15) is 4.79 Å². The van der Waals surface area contributed by atoms with Crippen LogP contribution in [0.4, 0.5) is 0 Å². The fourth-order valence-corrected chi connectivity index (χ4v) is 1.87. The minimum Gasteiger partial charge on any atom is -0.383 e. The van der Waals surface area contributed by atoms with E-state index in [0.717, 1.165) is 5.92 Å². The standard InChI is InChI=1S/C12H24N2O2/c1-9(8-16-4)14-11(15)7-13-12(2,3)10-5-6-10/h9-10,13H,5-8H2,1-4H3,(H,14,15). The lowest BCUT2D eigenvalue weighted by molar-refractivity contribution is -0.121. The molecular formula is C12H24N2O2. The number of nitrogens with one attached hydrogen (secondary N) is 2. The summed E-state index contributed by atoms with van der Waals surface area (Å²) in [6.07, 6.45) is 2.56. The maximum atomic E-state index is 11.6. The van der Waals surface area contributed by atoms with Gasteiger partial charge >= 0.3 is 0 Å². The van der Waals surface area contributed by atoms with E-state index in [1.54, 1.807) is 7.11 Å². The normalized spacial score (nSPS) is 18.2. The van der Waals surface area contributed by atoms with E-state index in [4.69, 9.17) is 4.74 Å². The Hall–Kier alpha value is -0.610. The minimum atomic E-state index is 0.0401. The number of amides is 1. The molecule has 1 atom stereocenters. The first kappa shape index (κ1) is 13.5. The van der Waals surface area contributed by atoms with Crippen molar-refractivity contribution in [1.29, 1.82) is 0 Å². The smallest absolute Gasteiger partial charge is 0.234 e. The summed E-state index contributed by atoms with van der Waals surface area (Å²) in [6.45, 7) is 7.20. The zero-order chi connectivity index (χ0) is 12.2. The molecular weight excluding hydrogens is 204 g/mol. The van der Waals surface area contributed by atoms with Crippen molar-refractivity contribution in [3.8, 4) is 0 Å². The van der Waals surface area contributed by atoms with Crippen molar-refractivity contribution >= 4 is 5.91 Å². The molecule has 0 heterocycles. The summed E-state index contributed by atoms with van der Waals surface area (Å²) in [5.41, 5.74) is 0.0852. The lowest BCUT2D eigenvalue weighted by Crippen LogP contribution is -2.48.